The summed E-state index contributed by atoms with van der Waals surface area (Å²) in [6.45, 7) is 6.27. The molecule has 2 N–H and O–H groups in total. The van der Waals surface area contributed by atoms with Gasteiger partial charge in [0.05, 0.1) is 0 Å². The van der Waals surface area contributed by atoms with Crippen LogP contribution in [-0.2, 0) is 17.6 Å². The molecule has 0 saturated heterocycles. The van der Waals surface area contributed by atoms with Crippen molar-refractivity contribution in [2.24, 2.45) is 5.41 Å². The highest BCUT2D eigenvalue weighted by Gasteiger charge is 2.30. The molecule has 114 valence electrons. The number of aryl methyl sites for hydroxylation is 2. The molecule has 0 aliphatic heterocycles. The van der Waals surface area contributed by atoms with E-state index in [9.17, 15) is 0 Å². The number of nitrogen functional groups attached to an aromatic ring is 1. The Kier molecular flexibility index (Phi) is 4.63. The zero-order chi connectivity index (χ0) is 15.5. The highest BCUT2D eigenvalue weighted by atomic mass is 16.5. The summed E-state index contributed by atoms with van der Waals surface area (Å²) >= 11 is 0. The van der Waals surface area contributed by atoms with Crippen molar-refractivity contribution in [1.29, 1.82) is 0 Å². The van der Waals surface area contributed by atoms with Crippen molar-refractivity contribution in [2.45, 2.75) is 39.7 Å². The smallest absolute Gasteiger partial charge is 0.227 e. The Balaban J connectivity index is 2.01. The molecule has 0 radical (unpaired) electrons. The molecule has 0 saturated carbocycles. The van der Waals surface area contributed by atoms with Crippen molar-refractivity contribution >= 4 is 5.69 Å². The lowest BCUT2D eigenvalue weighted by Crippen LogP contribution is -2.21. The number of hydrogen-bond donors (Lipinski definition) is 1. The molecule has 0 spiro atoms. The quantitative estimate of drug-likeness (QED) is 0.856. The van der Waals surface area contributed by atoms with Crippen LogP contribution in [0.3, 0.4) is 0 Å². The van der Waals surface area contributed by atoms with E-state index in [4.69, 9.17) is 15.0 Å². The van der Waals surface area contributed by atoms with Crippen molar-refractivity contribution < 1.29 is 9.26 Å². The number of hydrogen-bond acceptors (Lipinski definition) is 5. The van der Waals surface area contributed by atoms with E-state index < -0.39 is 0 Å². The molecule has 1 aromatic heterocycles. The van der Waals surface area contributed by atoms with Gasteiger partial charge in [-0.1, -0.05) is 38.1 Å². The van der Waals surface area contributed by atoms with Gasteiger partial charge in [0.1, 0.15) is 6.10 Å². The SMILES string of the molecule is COC(c1noc(CCc2ccc(N)cc2)n1)C(C)(C)C. The molecule has 0 fully saturated rings. The number of benzene rings is 1. The van der Waals surface area contributed by atoms with Crippen LogP contribution in [0.4, 0.5) is 5.69 Å². The van der Waals surface area contributed by atoms with Gasteiger partial charge in [-0.05, 0) is 29.5 Å². The van der Waals surface area contributed by atoms with E-state index in [0.717, 1.165) is 12.1 Å². The molecule has 2 aromatic rings. The van der Waals surface area contributed by atoms with Crippen molar-refractivity contribution in [3.8, 4) is 0 Å². The van der Waals surface area contributed by atoms with E-state index in [-0.39, 0.29) is 11.5 Å². The lowest BCUT2D eigenvalue weighted by molar-refractivity contribution is 0.00718. The molecule has 1 heterocycles. The summed E-state index contributed by atoms with van der Waals surface area (Å²) in [6, 6.07) is 7.82. The summed E-state index contributed by atoms with van der Waals surface area (Å²) in [4.78, 5) is 4.45. The van der Waals surface area contributed by atoms with E-state index in [0.29, 0.717) is 18.1 Å². The maximum atomic E-state index is 5.67. The number of anilines is 1. The second-order valence-corrected chi connectivity index (χ2v) is 6.27. The first kappa shape index (κ1) is 15.5. The van der Waals surface area contributed by atoms with Gasteiger partial charge in [-0.3, -0.25) is 0 Å². The largest absolute Gasteiger partial charge is 0.399 e. The lowest BCUT2D eigenvalue weighted by Gasteiger charge is -2.26. The van der Waals surface area contributed by atoms with Crippen LogP contribution < -0.4 is 5.73 Å². The Hall–Kier alpha value is -1.88. The second kappa shape index (κ2) is 6.26. The highest BCUT2D eigenvalue weighted by molar-refractivity contribution is 5.39. The van der Waals surface area contributed by atoms with E-state index >= 15 is 0 Å². The molecule has 1 unspecified atom stereocenters. The molecule has 21 heavy (non-hydrogen) atoms. The van der Waals surface area contributed by atoms with Gasteiger partial charge in [-0.25, -0.2) is 0 Å². The number of aromatic nitrogens is 2. The van der Waals surface area contributed by atoms with Gasteiger partial charge in [0.25, 0.3) is 0 Å². The first-order valence-corrected chi connectivity index (χ1v) is 7.10. The van der Waals surface area contributed by atoms with Gasteiger partial charge >= 0.3 is 0 Å². The van der Waals surface area contributed by atoms with Gasteiger partial charge in [-0.2, -0.15) is 4.98 Å². The summed E-state index contributed by atoms with van der Waals surface area (Å²) in [5.41, 5.74) is 7.56. The molecule has 5 heteroatoms. The summed E-state index contributed by atoms with van der Waals surface area (Å²) in [7, 11) is 1.67. The first-order chi connectivity index (χ1) is 9.90. The van der Waals surface area contributed by atoms with Crippen LogP contribution in [0.2, 0.25) is 0 Å². The van der Waals surface area contributed by atoms with Gasteiger partial charge < -0.3 is 15.0 Å². The number of ether oxygens (including phenoxy) is 1. The third kappa shape index (κ3) is 4.04. The first-order valence-electron chi connectivity index (χ1n) is 7.10. The minimum Gasteiger partial charge on any atom is -0.399 e. The molecule has 1 atom stereocenters. The fraction of sp³-hybridized carbons (Fsp3) is 0.500. The Morgan fingerprint density at radius 1 is 1.19 bits per heavy atom. The standard InChI is InChI=1S/C16H23N3O2/c1-16(2,3)14(20-4)15-18-13(21-19-15)10-7-11-5-8-12(17)9-6-11/h5-6,8-9,14H,7,10,17H2,1-4H3. The lowest BCUT2D eigenvalue weighted by atomic mass is 9.88. The average Bonchev–Trinajstić information content (AvgIpc) is 2.86. The van der Waals surface area contributed by atoms with Crippen molar-refractivity contribution in [3.63, 3.8) is 0 Å². The van der Waals surface area contributed by atoms with Gasteiger partial charge in [0.15, 0.2) is 0 Å². The Morgan fingerprint density at radius 2 is 1.86 bits per heavy atom. The average molecular weight is 289 g/mol. The fourth-order valence-corrected chi connectivity index (χ4v) is 2.26. The molecular formula is C16H23N3O2. The minimum atomic E-state index is -0.175. The van der Waals surface area contributed by atoms with Gasteiger partial charge in [0, 0.05) is 19.2 Å². The van der Waals surface area contributed by atoms with Crippen LogP contribution in [0, 0.1) is 5.41 Å². The Bertz CT molecular complexity index is 570. The molecule has 0 bridgehead atoms. The van der Waals surface area contributed by atoms with Crippen LogP contribution in [0.1, 0.15) is 44.2 Å². The van der Waals surface area contributed by atoms with E-state index in [1.54, 1.807) is 7.11 Å². The third-order valence-electron chi connectivity index (χ3n) is 3.35. The predicted octanol–water partition coefficient (Wildman–Crippen LogP) is 3.17. The molecule has 0 aliphatic carbocycles. The zero-order valence-electron chi connectivity index (χ0n) is 13.1. The van der Waals surface area contributed by atoms with E-state index in [1.807, 2.05) is 24.3 Å². The van der Waals surface area contributed by atoms with Crippen molar-refractivity contribution in [2.75, 3.05) is 12.8 Å². The van der Waals surface area contributed by atoms with Crippen LogP contribution in [0.25, 0.3) is 0 Å². The van der Waals surface area contributed by atoms with Crippen molar-refractivity contribution in [3.05, 3.63) is 41.5 Å². The molecule has 0 amide bonds. The third-order valence-corrected chi connectivity index (χ3v) is 3.35. The van der Waals surface area contributed by atoms with Crippen LogP contribution >= 0.6 is 0 Å². The second-order valence-electron chi connectivity index (χ2n) is 6.27. The summed E-state index contributed by atoms with van der Waals surface area (Å²) in [5.74, 6) is 1.24. The highest BCUT2D eigenvalue weighted by Crippen LogP contribution is 2.33. The summed E-state index contributed by atoms with van der Waals surface area (Å²) in [5, 5.41) is 4.05. The Labute approximate surface area is 125 Å². The normalized spacial score (nSPS) is 13.3. The monoisotopic (exact) mass is 289 g/mol. The molecular weight excluding hydrogens is 266 g/mol. The molecule has 0 aliphatic rings. The van der Waals surface area contributed by atoms with Gasteiger partial charge in [0.2, 0.25) is 11.7 Å². The number of methoxy groups -OCH3 is 1. The van der Waals surface area contributed by atoms with E-state index in [2.05, 4.69) is 30.9 Å². The maximum Gasteiger partial charge on any atom is 0.227 e. The molecule has 1 aromatic carbocycles. The number of rotatable bonds is 5. The van der Waals surface area contributed by atoms with Crippen molar-refractivity contribution in [1.82, 2.24) is 10.1 Å². The Morgan fingerprint density at radius 3 is 2.43 bits per heavy atom. The van der Waals surface area contributed by atoms with Crippen LogP contribution in [-0.4, -0.2) is 17.3 Å². The number of nitrogens with zero attached hydrogens (tertiary/aromatic N) is 2. The minimum absolute atomic E-state index is 0.0765. The maximum absolute atomic E-state index is 5.67. The topological polar surface area (TPSA) is 74.2 Å². The molecule has 5 nitrogen and oxygen atoms in total. The van der Waals surface area contributed by atoms with Crippen LogP contribution in [0.5, 0.6) is 0 Å². The van der Waals surface area contributed by atoms with Crippen LogP contribution in [0.15, 0.2) is 28.8 Å². The fourth-order valence-electron chi connectivity index (χ4n) is 2.26. The summed E-state index contributed by atoms with van der Waals surface area (Å²) in [6.07, 6.45) is 1.37. The zero-order valence-corrected chi connectivity index (χ0v) is 13.1. The summed E-state index contributed by atoms with van der Waals surface area (Å²) < 4.78 is 10.8. The number of nitrogens with two attached hydrogens (primary N) is 1. The van der Waals surface area contributed by atoms with E-state index in [1.165, 1.54) is 5.56 Å². The predicted molar refractivity (Wildman–Crippen MR) is 81.8 cm³/mol. The molecule has 2 rings (SSSR count). The van der Waals surface area contributed by atoms with Gasteiger partial charge in [-0.15, -0.1) is 0 Å².